The van der Waals surface area contributed by atoms with Crippen molar-refractivity contribution in [2.24, 2.45) is 5.92 Å². The smallest absolute Gasteiger partial charge is 0.246 e. The number of nitrogens with zero attached hydrogens (tertiary/aromatic N) is 4. The van der Waals surface area contributed by atoms with Crippen molar-refractivity contribution in [2.75, 3.05) is 39.3 Å². The van der Waals surface area contributed by atoms with Crippen molar-refractivity contribution in [1.29, 1.82) is 0 Å². The number of carbonyl (C=O) groups is 2. The summed E-state index contributed by atoms with van der Waals surface area (Å²) in [7, 11) is 0. The Morgan fingerprint density at radius 2 is 1.70 bits per heavy atom. The SMILES string of the molecule is O=C(/C=C/c1ccncc1)N1CCC[C@H](CCC(=O)N2CCN(Cc3ccccc3)CC2)C1. The fourth-order valence-corrected chi connectivity index (χ4v) is 4.73. The maximum absolute atomic E-state index is 12.8. The van der Waals surface area contributed by atoms with Gasteiger partial charge in [0.15, 0.2) is 0 Å². The summed E-state index contributed by atoms with van der Waals surface area (Å²) in [6.45, 7) is 5.96. The lowest BCUT2D eigenvalue weighted by Gasteiger charge is -2.36. The van der Waals surface area contributed by atoms with Crippen LogP contribution < -0.4 is 0 Å². The minimum Gasteiger partial charge on any atom is -0.340 e. The second-order valence-electron chi connectivity index (χ2n) is 9.09. The number of rotatable bonds is 7. The van der Waals surface area contributed by atoms with Crippen LogP contribution in [0.15, 0.2) is 60.9 Å². The molecule has 1 atom stereocenters. The Labute approximate surface area is 196 Å². The third kappa shape index (κ3) is 6.99. The van der Waals surface area contributed by atoms with Gasteiger partial charge in [0, 0.05) is 70.7 Å². The zero-order valence-electron chi connectivity index (χ0n) is 19.3. The van der Waals surface area contributed by atoms with Crippen molar-refractivity contribution in [3.8, 4) is 0 Å². The van der Waals surface area contributed by atoms with Crippen molar-refractivity contribution in [1.82, 2.24) is 19.7 Å². The molecule has 0 spiro atoms. The van der Waals surface area contributed by atoms with Crippen LogP contribution in [0.5, 0.6) is 0 Å². The predicted octanol–water partition coefficient (Wildman–Crippen LogP) is 3.46. The van der Waals surface area contributed by atoms with E-state index in [-0.39, 0.29) is 11.8 Å². The van der Waals surface area contributed by atoms with E-state index in [0.717, 1.165) is 70.6 Å². The van der Waals surface area contributed by atoms with Gasteiger partial charge in [-0.2, -0.15) is 0 Å². The quantitative estimate of drug-likeness (QED) is 0.612. The van der Waals surface area contributed by atoms with Crippen molar-refractivity contribution >= 4 is 17.9 Å². The first-order valence-corrected chi connectivity index (χ1v) is 12.1. The molecule has 2 fully saturated rings. The van der Waals surface area contributed by atoms with Gasteiger partial charge in [-0.25, -0.2) is 0 Å². The van der Waals surface area contributed by atoms with Crippen molar-refractivity contribution < 1.29 is 9.59 Å². The summed E-state index contributed by atoms with van der Waals surface area (Å²) in [4.78, 5) is 35.8. The first-order valence-electron chi connectivity index (χ1n) is 12.1. The van der Waals surface area contributed by atoms with E-state index in [1.807, 2.05) is 34.1 Å². The maximum atomic E-state index is 12.8. The number of aromatic nitrogens is 1. The van der Waals surface area contributed by atoms with Crippen LogP contribution in [0.3, 0.4) is 0 Å². The second kappa shape index (κ2) is 11.8. The molecule has 1 aromatic heterocycles. The molecule has 4 rings (SSSR count). The van der Waals surface area contributed by atoms with Gasteiger partial charge >= 0.3 is 0 Å². The number of piperazine rings is 1. The Kier molecular flexibility index (Phi) is 8.25. The number of carbonyl (C=O) groups excluding carboxylic acids is 2. The molecule has 0 aliphatic carbocycles. The van der Waals surface area contributed by atoms with Gasteiger partial charge in [-0.15, -0.1) is 0 Å². The number of pyridine rings is 1. The highest BCUT2D eigenvalue weighted by Gasteiger charge is 2.25. The van der Waals surface area contributed by atoms with E-state index in [2.05, 4.69) is 34.1 Å². The number of benzene rings is 1. The van der Waals surface area contributed by atoms with Crippen LogP contribution in [-0.4, -0.2) is 70.8 Å². The summed E-state index contributed by atoms with van der Waals surface area (Å²) in [5, 5.41) is 0. The van der Waals surface area contributed by atoms with Gasteiger partial charge in [-0.3, -0.25) is 19.5 Å². The summed E-state index contributed by atoms with van der Waals surface area (Å²) < 4.78 is 0. The molecule has 2 saturated heterocycles. The number of amides is 2. The third-order valence-corrected chi connectivity index (χ3v) is 6.70. The molecular weight excluding hydrogens is 412 g/mol. The van der Waals surface area contributed by atoms with Crippen LogP contribution in [0.1, 0.15) is 36.8 Å². The van der Waals surface area contributed by atoms with Crippen molar-refractivity contribution in [2.45, 2.75) is 32.2 Å². The number of likely N-dealkylation sites (tertiary alicyclic amines) is 1. The van der Waals surface area contributed by atoms with Gasteiger partial charge in [0.2, 0.25) is 11.8 Å². The fourth-order valence-electron chi connectivity index (χ4n) is 4.73. The van der Waals surface area contributed by atoms with Crippen molar-refractivity contribution in [3.05, 3.63) is 72.1 Å². The second-order valence-corrected chi connectivity index (χ2v) is 9.09. The van der Waals surface area contributed by atoms with Crippen molar-refractivity contribution in [3.63, 3.8) is 0 Å². The Bertz CT molecular complexity index is 924. The summed E-state index contributed by atoms with van der Waals surface area (Å²) in [6.07, 6.45) is 10.5. The first kappa shape index (κ1) is 23.2. The maximum Gasteiger partial charge on any atom is 0.246 e. The topological polar surface area (TPSA) is 56.8 Å². The minimum atomic E-state index is 0.0531. The summed E-state index contributed by atoms with van der Waals surface area (Å²) in [5.74, 6) is 0.716. The predicted molar refractivity (Wildman–Crippen MR) is 130 cm³/mol. The van der Waals surface area contributed by atoms with Crippen LogP contribution >= 0.6 is 0 Å². The Morgan fingerprint density at radius 3 is 2.45 bits per heavy atom. The molecule has 2 amide bonds. The molecule has 0 saturated carbocycles. The average Bonchev–Trinajstić information content (AvgIpc) is 2.88. The molecule has 174 valence electrons. The van der Waals surface area contributed by atoms with E-state index in [1.54, 1.807) is 18.5 Å². The molecule has 0 unspecified atom stereocenters. The van der Waals surface area contributed by atoms with Gasteiger partial charge in [0.05, 0.1) is 0 Å². The standard InChI is InChI=1S/C27H34N4O2/c32-26(30-19-17-29(18-20-30)21-24-5-2-1-3-6-24)11-9-25-7-4-16-31(22-25)27(33)10-8-23-12-14-28-15-13-23/h1-3,5-6,8,10,12-15,25H,4,7,9,11,16-22H2/b10-8+/t25-/m1/s1. The number of piperidine rings is 1. The molecule has 0 bridgehead atoms. The Morgan fingerprint density at radius 1 is 0.939 bits per heavy atom. The van der Waals surface area contributed by atoms with Gasteiger partial charge < -0.3 is 9.80 Å². The van der Waals surface area contributed by atoms with Gasteiger partial charge in [-0.05, 0) is 54.5 Å². The monoisotopic (exact) mass is 446 g/mol. The molecular formula is C27H34N4O2. The minimum absolute atomic E-state index is 0.0531. The fraction of sp³-hybridized carbons (Fsp3) is 0.444. The lowest BCUT2D eigenvalue weighted by atomic mass is 9.93. The zero-order chi connectivity index (χ0) is 22.9. The third-order valence-electron chi connectivity index (χ3n) is 6.70. The van der Waals surface area contributed by atoms with E-state index in [4.69, 9.17) is 0 Å². The average molecular weight is 447 g/mol. The van der Waals surface area contributed by atoms with E-state index < -0.39 is 0 Å². The summed E-state index contributed by atoms with van der Waals surface area (Å²) >= 11 is 0. The number of hydrogen-bond acceptors (Lipinski definition) is 4. The largest absolute Gasteiger partial charge is 0.340 e. The molecule has 0 N–H and O–H groups in total. The zero-order valence-corrected chi connectivity index (χ0v) is 19.3. The highest BCUT2D eigenvalue weighted by molar-refractivity contribution is 5.91. The lowest BCUT2D eigenvalue weighted by Crippen LogP contribution is -2.48. The lowest BCUT2D eigenvalue weighted by molar-refractivity contribution is -0.133. The summed E-state index contributed by atoms with van der Waals surface area (Å²) in [5.41, 5.74) is 2.30. The van der Waals surface area contributed by atoms with E-state index in [0.29, 0.717) is 12.3 Å². The Hall–Kier alpha value is -2.99. The van der Waals surface area contributed by atoms with Crippen LogP contribution in [0.25, 0.3) is 6.08 Å². The van der Waals surface area contributed by atoms with Gasteiger partial charge in [-0.1, -0.05) is 30.3 Å². The normalized spacial score (nSPS) is 19.7. The molecule has 2 aliphatic rings. The van der Waals surface area contributed by atoms with Crippen LogP contribution in [0.2, 0.25) is 0 Å². The van der Waals surface area contributed by atoms with Gasteiger partial charge in [0.1, 0.15) is 0 Å². The van der Waals surface area contributed by atoms with Crippen LogP contribution in [0.4, 0.5) is 0 Å². The highest BCUT2D eigenvalue weighted by atomic mass is 16.2. The molecule has 1 aromatic carbocycles. The number of hydrogen-bond donors (Lipinski definition) is 0. The molecule has 6 nitrogen and oxygen atoms in total. The molecule has 6 heteroatoms. The van der Waals surface area contributed by atoms with Crippen LogP contribution in [-0.2, 0) is 16.1 Å². The summed E-state index contributed by atoms with van der Waals surface area (Å²) in [6, 6.07) is 14.3. The molecule has 0 radical (unpaired) electrons. The van der Waals surface area contributed by atoms with E-state index >= 15 is 0 Å². The van der Waals surface area contributed by atoms with E-state index in [1.165, 1.54) is 5.56 Å². The molecule has 2 aromatic rings. The van der Waals surface area contributed by atoms with Crippen LogP contribution in [0, 0.1) is 5.92 Å². The van der Waals surface area contributed by atoms with E-state index in [9.17, 15) is 9.59 Å². The molecule has 3 heterocycles. The van der Waals surface area contributed by atoms with Gasteiger partial charge in [0.25, 0.3) is 0 Å². The molecule has 33 heavy (non-hydrogen) atoms. The Balaban J connectivity index is 1.18. The first-order chi connectivity index (χ1) is 16.2. The highest BCUT2D eigenvalue weighted by Crippen LogP contribution is 2.22. The molecule has 2 aliphatic heterocycles.